The van der Waals surface area contributed by atoms with Gasteiger partial charge in [0, 0.05) is 24.4 Å². The Morgan fingerprint density at radius 1 is 1.13 bits per heavy atom. The lowest BCUT2D eigenvalue weighted by Crippen LogP contribution is -2.29. The summed E-state index contributed by atoms with van der Waals surface area (Å²) >= 11 is 1.41. The van der Waals surface area contributed by atoms with E-state index in [1.807, 2.05) is 66.9 Å². The molecule has 2 aromatic carbocycles. The number of benzene rings is 2. The first-order valence-corrected chi connectivity index (χ1v) is 11.1. The average Bonchev–Trinajstić information content (AvgIpc) is 3.44. The van der Waals surface area contributed by atoms with Crippen LogP contribution in [0.3, 0.4) is 0 Å². The van der Waals surface area contributed by atoms with Crippen molar-refractivity contribution in [1.29, 1.82) is 0 Å². The van der Waals surface area contributed by atoms with Gasteiger partial charge in [-0.3, -0.25) is 15.0 Å². The van der Waals surface area contributed by atoms with Crippen LogP contribution in [0.1, 0.15) is 37.1 Å². The van der Waals surface area contributed by atoms with Gasteiger partial charge in [0.05, 0.1) is 23.7 Å². The largest absolute Gasteiger partial charge is 0.350 e. The molecule has 1 fully saturated rings. The summed E-state index contributed by atoms with van der Waals surface area (Å²) in [6.07, 6.45) is 0. The van der Waals surface area contributed by atoms with E-state index in [1.165, 1.54) is 18.3 Å². The van der Waals surface area contributed by atoms with Crippen LogP contribution in [-0.4, -0.2) is 23.3 Å². The number of anilines is 1. The lowest BCUT2D eigenvalue weighted by Gasteiger charge is -2.17. The Bertz CT molecular complexity index is 1050. The predicted octanol–water partition coefficient (Wildman–Crippen LogP) is 3.41. The van der Waals surface area contributed by atoms with E-state index in [2.05, 4.69) is 26.5 Å². The normalized spacial score (nSPS) is 19.0. The number of carbonyl (C=O) groups excluding carboxylic acids is 2. The van der Waals surface area contributed by atoms with Gasteiger partial charge in [-0.25, -0.2) is 10.4 Å². The third kappa shape index (κ3) is 4.99. The Hall–Kier alpha value is -3.07. The topological polar surface area (TPSA) is 95.2 Å². The lowest BCUT2D eigenvalue weighted by molar-refractivity contribution is -0.120. The average molecular weight is 436 g/mol. The van der Waals surface area contributed by atoms with E-state index in [-0.39, 0.29) is 29.8 Å². The van der Waals surface area contributed by atoms with E-state index in [1.54, 1.807) is 0 Å². The molecule has 0 saturated carbocycles. The van der Waals surface area contributed by atoms with Crippen LogP contribution in [0, 0.1) is 5.92 Å². The predicted molar refractivity (Wildman–Crippen MR) is 122 cm³/mol. The molecule has 4 rings (SSSR count). The first kappa shape index (κ1) is 21.2. The van der Waals surface area contributed by atoms with Crippen molar-refractivity contribution in [1.82, 2.24) is 21.2 Å². The number of carbonyl (C=O) groups is 2. The highest BCUT2D eigenvalue weighted by Crippen LogP contribution is 2.29. The molecule has 2 heterocycles. The van der Waals surface area contributed by atoms with Crippen LogP contribution in [0.15, 0.2) is 60.0 Å². The quantitative estimate of drug-likeness (QED) is 0.476. The van der Waals surface area contributed by atoms with E-state index in [0.717, 1.165) is 22.4 Å². The molecule has 160 valence electrons. The Balaban J connectivity index is 1.42. The highest BCUT2D eigenvalue weighted by atomic mass is 32.1. The Morgan fingerprint density at radius 3 is 2.58 bits per heavy atom. The van der Waals surface area contributed by atoms with Crippen molar-refractivity contribution in [2.75, 3.05) is 11.9 Å². The van der Waals surface area contributed by atoms with Gasteiger partial charge < -0.3 is 10.6 Å². The van der Waals surface area contributed by atoms with Crippen LogP contribution in [0.25, 0.3) is 11.3 Å². The van der Waals surface area contributed by atoms with E-state index >= 15 is 0 Å². The van der Waals surface area contributed by atoms with Gasteiger partial charge in [-0.1, -0.05) is 54.6 Å². The van der Waals surface area contributed by atoms with Crippen molar-refractivity contribution in [3.05, 3.63) is 71.1 Å². The van der Waals surface area contributed by atoms with E-state index < -0.39 is 0 Å². The lowest BCUT2D eigenvalue weighted by atomic mass is 9.94. The van der Waals surface area contributed by atoms with Crippen LogP contribution in [-0.2, 0) is 9.59 Å². The van der Waals surface area contributed by atoms with Gasteiger partial charge in [-0.15, -0.1) is 11.3 Å². The number of hydrogen-bond acceptors (Lipinski definition) is 6. The molecular weight excluding hydrogens is 410 g/mol. The molecule has 3 aromatic rings. The highest BCUT2D eigenvalue weighted by molar-refractivity contribution is 7.14. The number of aromatic nitrogens is 1. The molecule has 3 atom stereocenters. The zero-order valence-corrected chi connectivity index (χ0v) is 18.2. The van der Waals surface area contributed by atoms with Crippen molar-refractivity contribution in [2.45, 2.75) is 25.9 Å². The molecule has 31 heavy (non-hydrogen) atoms. The maximum atomic E-state index is 12.9. The maximum Gasteiger partial charge on any atom is 0.232 e. The van der Waals surface area contributed by atoms with E-state index in [0.29, 0.717) is 11.7 Å². The van der Waals surface area contributed by atoms with Crippen LogP contribution in [0.5, 0.6) is 0 Å². The van der Waals surface area contributed by atoms with Crippen molar-refractivity contribution in [3.63, 3.8) is 0 Å². The molecule has 2 amide bonds. The van der Waals surface area contributed by atoms with Crippen molar-refractivity contribution < 1.29 is 9.59 Å². The molecule has 0 radical (unpaired) electrons. The summed E-state index contributed by atoms with van der Waals surface area (Å²) in [5.74, 6) is -0.352. The number of amides is 2. The fourth-order valence-corrected chi connectivity index (χ4v) is 4.43. The SMILES string of the molecule is CC(=O)NC(C)c1ccc(-c2csc(NC(=O)C3CNNC3c3ccccc3)n2)cc1. The monoisotopic (exact) mass is 435 g/mol. The molecule has 1 saturated heterocycles. The third-order valence-electron chi connectivity index (χ3n) is 5.34. The summed E-state index contributed by atoms with van der Waals surface area (Å²) in [6.45, 7) is 4.01. The summed E-state index contributed by atoms with van der Waals surface area (Å²) in [6, 6.07) is 17.7. The number of hydrogen-bond donors (Lipinski definition) is 4. The Kier molecular flexibility index (Phi) is 6.41. The summed E-state index contributed by atoms with van der Waals surface area (Å²) in [7, 11) is 0. The molecule has 0 bridgehead atoms. The second-order valence-electron chi connectivity index (χ2n) is 7.59. The van der Waals surface area contributed by atoms with Crippen molar-refractivity contribution >= 4 is 28.3 Å². The van der Waals surface area contributed by atoms with Crippen molar-refractivity contribution in [2.24, 2.45) is 5.92 Å². The minimum absolute atomic E-state index is 0.0528. The molecular formula is C23H25N5O2S. The third-order valence-corrected chi connectivity index (χ3v) is 6.10. The second-order valence-corrected chi connectivity index (χ2v) is 8.45. The van der Waals surface area contributed by atoms with Gasteiger partial charge in [-0.2, -0.15) is 0 Å². The molecule has 1 aromatic heterocycles. The molecule has 8 heteroatoms. The van der Waals surface area contributed by atoms with Gasteiger partial charge in [-0.05, 0) is 18.1 Å². The van der Waals surface area contributed by atoms with Crippen molar-refractivity contribution in [3.8, 4) is 11.3 Å². The van der Waals surface area contributed by atoms with Gasteiger partial charge in [0.15, 0.2) is 5.13 Å². The molecule has 7 nitrogen and oxygen atoms in total. The minimum Gasteiger partial charge on any atom is -0.350 e. The Labute approximate surface area is 185 Å². The number of nitrogens with one attached hydrogen (secondary N) is 4. The zero-order valence-electron chi connectivity index (χ0n) is 17.4. The molecule has 4 N–H and O–H groups in total. The Morgan fingerprint density at radius 2 is 1.87 bits per heavy atom. The highest BCUT2D eigenvalue weighted by Gasteiger charge is 2.34. The van der Waals surface area contributed by atoms with Gasteiger partial charge >= 0.3 is 0 Å². The molecule has 1 aliphatic rings. The number of rotatable bonds is 6. The molecule has 0 aliphatic carbocycles. The summed E-state index contributed by atoms with van der Waals surface area (Å²) in [5, 5.41) is 8.35. The zero-order chi connectivity index (χ0) is 21.8. The van der Waals surface area contributed by atoms with E-state index in [9.17, 15) is 9.59 Å². The van der Waals surface area contributed by atoms with E-state index in [4.69, 9.17) is 0 Å². The first-order valence-electron chi connectivity index (χ1n) is 10.2. The van der Waals surface area contributed by atoms with Crippen LogP contribution in [0.2, 0.25) is 0 Å². The second kappa shape index (κ2) is 9.38. The van der Waals surface area contributed by atoms with Crippen LogP contribution >= 0.6 is 11.3 Å². The summed E-state index contributed by atoms with van der Waals surface area (Å²) in [5.41, 5.74) is 10.1. The van der Waals surface area contributed by atoms with Crippen LogP contribution < -0.4 is 21.5 Å². The minimum atomic E-state index is -0.232. The fourth-order valence-electron chi connectivity index (χ4n) is 3.71. The maximum absolute atomic E-state index is 12.9. The summed E-state index contributed by atoms with van der Waals surface area (Å²) < 4.78 is 0. The standard InChI is InChI=1S/C23H25N5O2S/c1-14(25-15(2)29)16-8-10-17(11-9-16)20-13-31-23(26-20)27-22(30)19-12-24-28-21(19)18-6-4-3-5-7-18/h3-11,13-14,19,21,24,28H,12H2,1-2H3,(H,25,29)(H,26,27,30). The molecule has 3 unspecified atom stereocenters. The fraction of sp³-hybridized carbons (Fsp3) is 0.261. The smallest absolute Gasteiger partial charge is 0.232 e. The van der Waals surface area contributed by atoms with Gasteiger partial charge in [0.2, 0.25) is 11.8 Å². The number of hydrazine groups is 1. The van der Waals surface area contributed by atoms with Gasteiger partial charge in [0.25, 0.3) is 0 Å². The van der Waals surface area contributed by atoms with Gasteiger partial charge in [0.1, 0.15) is 0 Å². The first-order chi connectivity index (χ1) is 15.0. The number of nitrogens with zero attached hydrogens (tertiary/aromatic N) is 1. The van der Waals surface area contributed by atoms with Crippen LogP contribution in [0.4, 0.5) is 5.13 Å². The molecule has 1 aliphatic heterocycles. The molecule has 0 spiro atoms. The summed E-state index contributed by atoms with van der Waals surface area (Å²) in [4.78, 5) is 28.7. The number of thiazole rings is 1.